The Balaban J connectivity index is 1.69. The van der Waals surface area contributed by atoms with Gasteiger partial charge in [0.1, 0.15) is 11.6 Å². The monoisotopic (exact) mass is 320 g/mol. The van der Waals surface area contributed by atoms with Crippen LogP contribution in [0.1, 0.15) is 26.2 Å². The van der Waals surface area contributed by atoms with E-state index in [1.165, 1.54) is 0 Å². The van der Waals surface area contributed by atoms with Gasteiger partial charge in [0, 0.05) is 38.9 Å². The number of likely N-dealkylation sites (tertiary alicyclic amines) is 1. The van der Waals surface area contributed by atoms with E-state index >= 15 is 0 Å². The molecule has 2 fully saturated rings. The third-order valence-electron chi connectivity index (χ3n) is 4.57. The standard InChI is InChI=1S/C17H28N4O2/c1-15-3-7-21(8-4-15)17(22)16(13-18)14-19-5-2-6-20-9-11-23-12-10-20/h14-15,19H,2-12H2,1H3/b16-14-. The van der Waals surface area contributed by atoms with E-state index in [1.54, 1.807) is 11.1 Å². The van der Waals surface area contributed by atoms with Gasteiger partial charge in [-0.3, -0.25) is 9.69 Å². The topological polar surface area (TPSA) is 68.6 Å². The maximum absolute atomic E-state index is 12.3. The van der Waals surface area contributed by atoms with Crippen LogP contribution in [0.2, 0.25) is 0 Å². The lowest BCUT2D eigenvalue weighted by Crippen LogP contribution is -2.39. The van der Waals surface area contributed by atoms with Crippen LogP contribution in [0.4, 0.5) is 0 Å². The summed E-state index contributed by atoms with van der Waals surface area (Å²) < 4.78 is 5.32. The Morgan fingerprint density at radius 3 is 2.65 bits per heavy atom. The highest BCUT2D eigenvalue weighted by Crippen LogP contribution is 2.17. The van der Waals surface area contributed by atoms with Gasteiger partial charge >= 0.3 is 0 Å². The van der Waals surface area contributed by atoms with Crippen molar-refractivity contribution in [2.24, 2.45) is 5.92 Å². The van der Waals surface area contributed by atoms with Crippen molar-refractivity contribution in [3.05, 3.63) is 11.8 Å². The zero-order chi connectivity index (χ0) is 16.5. The summed E-state index contributed by atoms with van der Waals surface area (Å²) in [5.41, 5.74) is 0.214. The Morgan fingerprint density at radius 2 is 2.00 bits per heavy atom. The van der Waals surface area contributed by atoms with Crippen LogP contribution in [0, 0.1) is 17.2 Å². The number of nitriles is 1. The lowest BCUT2D eigenvalue weighted by atomic mass is 9.99. The number of morpholine rings is 1. The number of nitrogens with one attached hydrogen (secondary N) is 1. The van der Waals surface area contributed by atoms with Gasteiger partial charge in [-0.15, -0.1) is 0 Å². The van der Waals surface area contributed by atoms with Crippen LogP contribution in [0.25, 0.3) is 0 Å². The number of ether oxygens (including phenoxy) is 1. The van der Waals surface area contributed by atoms with Crippen LogP contribution >= 0.6 is 0 Å². The van der Waals surface area contributed by atoms with Gasteiger partial charge < -0.3 is 15.0 Å². The average Bonchev–Trinajstić information content (AvgIpc) is 2.59. The van der Waals surface area contributed by atoms with E-state index in [2.05, 4.69) is 17.1 Å². The highest BCUT2D eigenvalue weighted by molar-refractivity contribution is 5.97. The fourth-order valence-electron chi connectivity index (χ4n) is 2.93. The fourth-order valence-corrected chi connectivity index (χ4v) is 2.93. The smallest absolute Gasteiger partial charge is 0.265 e. The molecule has 0 aromatic heterocycles. The van der Waals surface area contributed by atoms with Crippen LogP contribution in [-0.2, 0) is 9.53 Å². The van der Waals surface area contributed by atoms with Crippen LogP contribution in [0.3, 0.4) is 0 Å². The van der Waals surface area contributed by atoms with Crippen LogP contribution in [-0.4, -0.2) is 68.2 Å². The second-order valence-electron chi connectivity index (χ2n) is 6.41. The van der Waals surface area contributed by atoms with Gasteiger partial charge in [0.2, 0.25) is 0 Å². The van der Waals surface area contributed by atoms with Gasteiger partial charge in [-0.1, -0.05) is 6.92 Å². The van der Waals surface area contributed by atoms with Gasteiger partial charge in [0.25, 0.3) is 5.91 Å². The van der Waals surface area contributed by atoms with Crippen molar-refractivity contribution >= 4 is 5.91 Å². The molecule has 2 rings (SSSR count). The van der Waals surface area contributed by atoms with Crippen LogP contribution in [0.5, 0.6) is 0 Å². The van der Waals surface area contributed by atoms with E-state index in [0.29, 0.717) is 5.92 Å². The van der Waals surface area contributed by atoms with Crippen molar-refractivity contribution in [1.29, 1.82) is 5.26 Å². The summed E-state index contributed by atoms with van der Waals surface area (Å²) in [6.07, 6.45) is 4.62. The second-order valence-corrected chi connectivity index (χ2v) is 6.41. The van der Waals surface area contributed by atoms with E-state index in [9.17, 15) is 10.1 Å². The minimum absolute atomic E-state index is 0.139. The molecule has 2 aliphatic heterocycles. The largest absolute Gasteiger partial charge is 0.390 e. The SMILES string of the molecule is CC1CCN(C(=O)/C(C#N)=C\NCCCN2CCOCC2)CC1. The van der Waals surface area contributed by atoms with Crippen molar-refractivity contribution in [3.8, 4) is 6.07 Å². The molecular weight excluding hydrogens is 292 g/mol. The molecule has 0 bridgehead atoms. The molecule has 0 aromatic carbocycles. The van der Waals surface area contributed by atoms with Crippen molar-refractivity contribution in [3.63, 3.8) is 0 Å². The molecule has 0 atom stereocenters. The van der Waals surface area contributed by atoms with Gasteiger partial charge in [0.15, 0.2) is 0 Å². The lowest BCUT2D eigenvalue weighted by Gasteiger charge is -2.30. The Bertz CT molecular complexity index is 444. The quantitative estimate of drug-likeness (QED) is 0.449. The Kier molecular flexibility index (Phi) is 7.37. The summed E-state index contributed by atoms with van der Waals surface area (Å²) in [4.78, 5) is 16.5. The van der Waals surface area contributed by atoms with Gasteiger partial charge in [0.05, 0.1) is 13.2 Å². The lowest BCUT2D eigenvalue weighted by molar-refractivity contribution is -0.128. The molecule has 0 saturated carbocycles. The van der Waals surface area contributed by atoms with Crippen molar-refractivity contribution in [2.75, 3.05) is 52.5 Å². The first kappa shape index (κ1) is 17.8. The highest BCUT2D eigenvalue weighted by atomic mass is 16.5. The predicted octanol–water partition coefficient (Wildman–Crippen LogP) is 0.964. The minimum Gasteiger partial charge on any atom is -0.390 e. The number of nitrogens with zero attached hydrogens (tertiary/aromatic N) is 3. The minimum atomic E-state index is -0.139. The number of carbonyl (C=O) groups excluding carboxylic acids is 1. The molecule has 0 aliphatic carbocycles. The normalized spacial score (nSPS) is 21.0. The molecule has 2 heterocycles. The molecule has 6 heteroatoms. The number of hydrogen-bond donors (Lipinski definition) is 1. The molecule has 1 amide bonds. The van der Waals surface area contributed by atoms with E-state index in [4.69, 9.17) is 4.74 Å². The number of amides is 1. The maximum atomic E-state index is 12.3. The average molecular weight is 320 g/mol. The molecule has 1 N–H and O–H groups in total. The molecule has 0 spiro atoms. The predicted molar refractivity (Wildman–Crippen MR) is 88.6 cm³/mol. The zero-order valence-corrected chi connectivity index (χ0v) is 14.1. The third kappa shape index (κ3) is 5.85. The highest BCUT2D eigenvalue weighted by Gasteiger charge is 2.22. The van der Waals surface area contributed by atoms with Crippen molar-refractivity contribution in [2.45, 2.75) is 26.2 Å². The second kappa shape index (κ2) is 9.53. The molecular formula is C17H28N4O2. The molecule has 0 radical (unpaired) electrons. The number of piperidine rings is 1. The molecule has 128 valence electrons. The summed E-state index contributed by atoms with van der Waals surface area (Å²) in [5.74, 6) is 0.534. The summed E-state index contributed by atoms with van der Waals surface area (Å²) >= 11 is 0. The summed E-state index contributed by atoms with van der Waals surface area (Å²) in [5, 5.41) is 12.3. The molecule has 0 unspecified atom stereocenters. The van der Waals surface area contributed by atoms with E-state index in [-0.39, 0.29) is 11.5 Å². The molecule has 0 aromatic rings. The van der Waals surface area contributed by atoms with Crippen molar-refractivity contribution < 1.29 is 9.53 Å². The Labute approximate surface area is 139 Å². The first-order valence-corrected chi connectivity index (χ1v) is 8.63. The van der Waals surface area contributed by atoms with Crippen LogP contribution < -0.4 is 5.32 Å². The van der Waals surface area contributed by atoms with Gasteiger partial charge in [-0.2, -0.15) is 5.26 Å². The Morgan fingerprint density at radius 1 is 1.30 bits per heavy atom. The van der Waals surface area contributed by atoms with E-state index in [1.807, 2.05) is 6.07 Å². The first-order valence-electron chi connectivity index (χ1n) is 8.63. The first-order chi connectivity index (χ1) is 11.2. The summed E-state index contributed by atoms with van der Waals surface area (Å²) in [6, 6.07) is 2.03. The summed E-state index contributed by atoms with van der Waals surface area (Å²) in [7, 11) is 0. The molecule has 23 heavy (non-hydrogen) atoms. The van der Waals surface area contributed by atoms with E-state index in [0.717, 1.165) is 71.7 Å². The molecule has 2 aliphatic rings. The van der Waals surface area contributed by atoms with E-state index < -0.39 is 0 Å². The fraction of sp³-hybridized carbons (Fsp3) is 0.765. The van der Waals surface area contributed by atoms with Crippen molar-refractivity contribution in [1.82, 2.24) is 15.1 Å². The third-order valence-corrected chi connectivity index (χ3v) is 4.57. The molecule has 6 nitrogen and oxygen atoms in total. The zero-order valence-electron chi connectivity index (χ0n) is 14.1. The van der Waals surface area contributed by atoms with Crippen LogP contribution in [0.15, 0.2) is 11.8 Å². The Hall–Kier alpha value is -1.58. The van der Waals surface area contributed by atoms with Gasteiger partial charge in [-0.25, -0.2) is 0 Å². The number of hydrogen-bond acceptors (Lipinski definition) is 5. The number of rotatable bonds is 6. The summed E-state index contributed by atoms with van der Waals surface area (Å²) in [6.45, 7) is 9.13. The number of carbonyl (C=O) groups is 1. The molecule has 2 saturated heterocycles. The maximum Gasteiger partial charge on any atom is 0.265 e. The van der Waals surface area contributed by atoms with Gasteiger partial charge in [-0.05, 0) is 31.7 Å².